The fourth-order valence-electron chi connectivity index (χ4n) is 1.41. The highest BCUT2D eigenvalue weighted by Gasteiger charge is 2.12. The molecule has 88 valence electrons. The molecule has 1 aromatic carbocycles. The molecule has 0 saturated heterocycles. The summed E-state index contributed by atoms with van der Waals surface area (Å²) in [6, 6.07) is 4.31. The number of halogens is 1. The molecule has 0 aliphatic heterocycles. The average Bonchev–Trinajstić information content (AvgIpc) is 2.80. The van der Waals surface area contributed by atoms with E-state index >= 15 is 0 Å². The molecule has 0 spiro atoms. The van der Waals surface area contributed by atoms with Gasteiger partial charge < -0.3 is 4.74 Å². The number of methoxy groups -OCH3 is 1. The summed E-state index contributed by atoms with van der Waals surface area (Å²) in [4.78, 5) is 11.2. The quantitative estimate of drug-likeness (QED) is 0.740. The lowest BCUT2D eigenvalue weighted by Gasteiger charge is -2.03. The van der Waals surface area contributed by atoms with Crippen LogP contribution in [0.5, 0.6) is 0 Å². The Hall–Kier alpha value is -2.24. The molecule has 0 aliphatic carbocycles. The number of esters is 1. The number of benzene rings is 1. The van der Waals surface area contributed by atoms with Gasteiger partial charge in [-0.25, -0.2) is 13.9 Å². The minimum absolute atomic E-state index is 0.0798. The molecule has 0 atom stereocenters. The van der Waals surface area contributed by atoms with Crippen LogP contribution in [0.4, 0.5) is 4.39 Å². The summed E-state index contributed by atoms with van der Waals surface area (Å²) in [6.45, 7) is 1.81. The molecule has 2 rings (SSSR count). The van der Waals surface area contributed by atoms with Crippen LogP contribution in [0.3, 0.4) is 0 Å². The van der Waals surface area contributed by atoms with E-state index in [2.05, 4.69) is 15.0 Å². The number of aryl methyl sites for hydroxylation is 1. The van der Waals surface area contributed by atoms with Crippen LogP contribution < -0.4 is 0 Å². The van der Waals surface area contributed by atoms with Gasteiger partial charge in [-0.2, -0.15) is 0 Å². The molecule has 5 nitrogen and oxygen atoms in total. The maximum absolute atomic E-state index is 13.1. The summed E-state index contributed by atoms with van der Waals surface area (Å²) in [6.07, 6.45) is 1.40. The first-order valence-electron chi connectivity index (χ1n) is 4.89. The van der Waals surface area contributed by atoms with Crippen molar-refractivity contribution in [3.63, 3.8) is 0 Å². The summed E-state index contributed by atoms with van der Waals surface area (Å²) < 4.78 is 19.0. The molecular weight excluding hydrogens is 225 g/mol. The fourth-order valence-corrected chi connectivity index (χ4v) is 1.41. The molecule has 0 radical (unpaired) electrons. The number of hydrogen-bond donors (Lipinski definition) is 0. The van der Waals surface area contributed by atoms with Crippen LogP contribution in [-0.2, 0) is 4.74 Å². The molecule has 0 amide bonds. The van der Waals surface area contributed by atoms with Gasteiger partial charge in [-0.15, -0.1) is 5.10 Å². The standard InChI is InChI=1S/C11H10FN3O2/c1-7-3-4-8(12)5-10(7)15-6-9(13-14-15)11(16)17-2/h3-6H,1-2H3. The molecular formula is C11H10FN3O2. The van der Waals surface area contributed by atoms with E-state index in [0.29, 0.717) is 5.69 Å². The van der Waals surface area contributed by atoms with Crippen LogP contribution in [-0.4, -0.2) is 28.1 Å². The van der Waals surface area contributed by atoms with Gasteiger partial charge in [-0.05, 0) is 24.6 Å². The Morgan fingerprint density at radius 3 is 2.94 bits per heavy atom. The van der Waals surface area contributed by atoms with Gasteiger partial charge in [-0.3, -0.25) is 0 Å². The number of rotatable bonds is 2. The van der Waals surface area contributed by atoms with Gasteiger partial charge in [0, 0.05) is 0 Å². The van der Waals surface area contributed by atoms with Crippen LogP contribution in [0.25, 0.3) is 5.69 Å². The van der Waals surface area contributed by atoms with Crippen molar-refractivity contribution >= 4 is 5.97 Å². The van der Waals surface area contributed by atoms with Crippen molar-refractivity contribution in [1.82, 2.24) is 15.0 Å². The topological polar surface area (TPSA) is 57.0 Å². The number of nitrogens with zero attached hydrogens (tertiary/aromatic N) is 3. The minimum Gasteiger partial charge on any atom is -0.464 e. The average molecular weight is 235 g/mol. The largest absolute Gasteiger partial charge is 0.464 e. The van der Waals surface area contributed by atoms with Gasteiger partial charge in [0.25, 0.3) is 0 Å². The zero-order valence-electron chi connectivity index (χ0n) is 9.35. The fraction of sp³-hybridized carbons (Fsp3) is 0.182. The molecule has 0 aliphatic rings. The lowest BCUT2D eigenvalue weighted by atomic mass is 10.2. The first-order chi connectivity index (χ1) is 8.11. The molecule has 17 heavy (non-hydrogen) atoms. The highest BCUT2D eigenvalue weighted by molar-refractivity contribution is 5.86. The second kappa shape index (κ2) is 4.32. The predicted molar refractivity (Wildman–Crippen MR) is 57.4 cm³/mol. The minimum atomic E-state index is -0.578. The second-order valence-corrected chi connectivity index (χ2v) is 3.47. The second-order valence-electron chi connectivity index (χ2n) is 3.47. The maximum atomic E-state index is 13.1. The molecule has 0 bridgehead atoms. The lowest BCUT2D eigenvalue weighted by molar-refractivity contribution is 0.0594. The monoisotopic (exact) mass is 235 g/mol. The summed E-state index contributed by atoms with van der Waals surface area (Å²) in [5.41, 5.74) is 1.44. The number of carbonyl (C=O) groups is 1. The summed E-state index contributed by atoms with van der Waals surface area (Å²) in [5.74, 6) is -0.953. The van der Waals surface area contributed by atoms with Crippen LogP contribution in [0.1, 0.15) is 16.1 Å². The molecule has 6 heteroatoms. The highest BCUT2D eigenvalue weighted by atomic mass is 19.1. The Kier molecular flexibility index (Phi) is 2.86. The normalized spacial score (nSPS) is 10.3. The van der Waals surface area contributed by atoms with Crippen LogP contribution >= 0.6 is 0 Å². The summed E-state index contributed by atoms with van der Waals surface area (Å²) >= 11 is 0. The van der Waals surface area contributed by atoms with Crippen molar-refractivity contribution in [2.24, 2.45) is 0 Å². The SMILES string of the molecule is COC(=O)c1cn(-c2cc(F)ccc2C)nn1. The third kappa shape index (κ3) is 2.15. The molecule has 1 heterocycles. The third-order valence-electron chi connectivity index (χ3n) is 2.31. The lowest BCUT2D eigenvalue weighted by Crippen LogP contribution is -2.01. The van der Waals surface area contributed by atoms with E-state index in [1.807, 2.05) is 6.92 Å². The smallest absolute Gasteiger partial charge is 0.360 e. The number of hydrogen-bond acceptors (Lipinski definition) is 4. The third-order valence-corrected chi connectivity index (χ3v) is 2.31. The van der Waals surface area contributed by atoms with E-state index < -0.39 is 5.97 Å². The van der Waals surface area contributed by atoms with Crippen molar-refractivity contribution in [3.8, 4) is 5.69 Å². The van der Waals surface area contributed by atoms with E-state index in [1.54, 1.807) is 6.07 Å². The van der Waals surface area contributed by atoms with Gasteiger partial charge in [0.05, 0.1) is 19.0 Å². The van der Waals surface area contributed by atoms with Gasteiger partial charge >= 0.3 is 5.97 Å². The van der Waals surface area contributed by atoms with Gasteiger partial charge in [0.1, 0.15) is 5.82 Å². The predicted octanol–water partition coefficient (Wildman–Crippen LogP) is 1.50. The molecule has 1 aromatic heterocycles. The first kappa shape index (κ1) is 11.3. The van der Waals surface area contributed by atoms with Crippen molar-refractivity contribution in [3.05, 3.63) is 41.5 Å². The van der Waals surface area contributed by atoms with Crippen molar-refractivity contribution in [2.45, 2.75) is 6.92 Å². The molecule has 2 aromatic rings. The summed E-state index contributed by atoms with van der Waals surface area (Å²) in [7, 11) is 1.26. The maximum Gasteiger partial charge on any atom is 0.360 e. The zero-order valence-corrected chi connectivity index (χ0v) is 9.35. The van der Waals surface area contributed by atoms with Crippen molar-refractivity contribution < 1.29 is 13.9 Å². The van der Waals surface area contributed by atoms with Crippen molar-refractivity contribution in [2.75, 3.05) is 7.11 Å². The van der Waals surface area contributed by atoms with E-state index in [4.69, 9.17) is 0 Å². The number of aromatic nitrogens is 3. The van der Waals surface area contributed by atoms with Gasteiger partial charge in [-0.1, -0.05) is 11.3 Å². The van der Waals surface area contributed by atoms with Crippen molar-refractivity contribution in [1.29, 1.82) is 0 Å². The zero-order chi connectivity index (χ0) is 12.4. The number of carbonyl (C=O) groups excluding carboxylic acids is 1. The Bertz CT molecular complexity index is 566. The highest BCUT2D eigenvalue weighted by Crippen LogP contribution is 2.14. The van der Waals surface area contributed by atoms with E-state index in [-0.39, 0.29) is 11.5 Å². The molecule has 0 saturated carbocycles. The van der Waals surface area contributed by atoms with Crippen LogP contribution in [0.15, 0.2) is 24.4 Å². The van der Waals surface area contributed by atoms with Gasteiger partial charge in [0.15, 0.2) is 5.69 Å². The van der Waals surface area contributed by atoms with E-state index in [1.165, 1.54) is 30.1 Å². The van der Waals surface area contributed by atoms with E-state index in [9.17, 15) is 9.18 Å². The first-order valence-corrected chi connectivity index (χ1v) is 4.89. The molecule has 0 fully saturated rings. The number of ether oxygens (including phenoxy) is 1. The Morgan fingerprint density at radius 2 is 2.24 bits per heavy atom. The summed E-state index contributed by atoms with van der Waals surface area (Å²) in [5, 5.41) is 7.41. The van der Waals surface area contributed by atoms with Crippen LogP contribution in [0.2, 0.25) is 0 Å². The Morgan fingerprint density at radius 1 is 1.47 bits per heavy atom. The Balaban J connectivity index is 2.43. The van der Waals surface area contributed by atoms with Gasteiger partial charge in [0.2, 0.25) is 0 Å². The molecule has 0 N–H and O–H groups in total. The van der Waals surface area contributed by atoms with E-state index in [0.717, 1.165) is 5.56 Å². The molecule has 0 unspecified atom stereocenters. The van der Waals surface area contributed by atoms with Crippen LogP contribution in [0, 0.1) is 12.7 Å². The Labute approximate surface area is 96.8 Å².